The molecular formula is C15H22N4O2. The second-order valence-corrected chi connectivity index (χ2v) is 5.04. The second-order valence-electron chi connectivity index (χ2n) is 5.04. The molecule has 4 N–H and O–H groups in total. The summed E-state index contributed by atoms with van der Waals surface area (Å²) in [6, 6.07) is 8.34. The fourth-order valence-electron chi connectivity index (χ4n) is 2.36. The number of hydrogen-bond donors (Lipinski definition) is 3. The van der Waals surface area contributed by atoms with Gasteiger partial charge >= 0.3 is 0 Å². The summed E-state index contributed by atoms with van der Waals surface area (Å²) in [5, 5.41) is 6.00. The summed E-state index contributed by atoms with van der Waals surface area (Å²) < 4.78 is 0. The highest BCUT2D eigenvalue weighted by Crippen LogP contribution is 2.04. The minimum Gasteiger partial charge on any atom is -0.340 e. The summed E-state index contributed by atoms with van der Waals surface area (Å²) >= 11 is 0. The van der Waals surface area contributed by atoms with Crippen LogP contribution in [0.5, 0.6) is 0 Å². The molecule has 114 valence electrons. The van der Waals surface area contributed by atoms with Crippen molar-refractivity contribution in [2.45, 2.75) is 12.5 Å². The topological polar surface area (TPSA) is 87.5 Å². The lowest BCUT2D eigenvalue weighted by Crippen LogP contribution is -2.54. The van der Waals surface area contributed by atoms with Crippen molar-refractivity contribution in [3.8, 4) is 0 Å². The first kappa shape index (κ1) is 15.5. The Balaban J connectivity index is 2.01. The maximum absolute atomic E-state index is 12.5. The van der Waals surface area contributed by atoms with Crippen LogP contribution in [0.25, 0.3) is 0 Å². The fourth-order valence-corrected chi connectivity index (χ4v) is 2.36. The number of benzene rings is 1. The lowest BCUT2D eigenvalue weighted by molar-refractivity contribution is -0.133. The van der Waals surface area contributed by atoms with Crippen LogP contribution < -0.4 is 16.4 Å². The number of carbonyl (C=O) groups excluding carboxylic acids is 2. The van der Waals surface area contributed by atoms with Crippen molar-refractivity contribution in [2.75, 3.05) is 32.7 Å². The summed E-state index contributed by atoms with van der Waals surface area (Å²) in [5.74, 6) is -0.288. The molecular weight excluding hydrogens is 268 g/mol. The minimum absolute atomic E-state index is 0.0498. The Bertz CT molecular complexity index is 472. The minimum atomic E-state index is -0.555. The zero-order chi connectivity index (χ0) is 15.1. The highest BCUT2D eigenvalue weighted by atomic mass is 16.2. The first-order chi connectivity index (χ1) is 10.2. The van der Waals surface area contributed by atoms with Crippen molar-refractivity contribution < 1.29 is 9.59 Å². The van der Waals surface area contributed by atoms with E-state index in [2.05, 4.69) is 10.6 Å². The van der Waals surface area contributed by atoms with Crippen molar-refractivity contribution in [2.24, 2.45) is 5.73 Å². The van der Waals surface area contributed by atoms with Crippen LogP contribution in [0.4, 0.5) is 0 Å². The van der Waals surface area contributed by atoms with Gasteiger partial charge in [0.25, 0.3) is 5.91 Å². The number of nitrogens with two attached hydrogens (primary N) is 1. The molecule has 2 rings (SSSR count). The standard InChI is InChI=1S/C15H22N4O2/c16-7-6-13(15(21)19-10-8-17-9-11-19)18-14(20)12-4-2-1-3-5-12/h1-5,13,17H,6-11,16H2,(H,18,20)/t13-/m1/s1. The van der Waals surface area contributed by atoms with Gasteiger partial charge in [0.2, 0.25) is 5.91 Å². The van der Waals surface area contributed by atoms with Crippen molar-refractivity contribution in [1.29, 1.82) is 0 Å². The van der Waals surface area contributed by atoms with E-state index in [1.165, 1.54) is 0 Å². The number of rotatable bonds is 5. The van der Waals surface area contributed by atoms with Crippen LogP contribution in [0.3, 0.4) is 0 Å². The second kappa shape index (κ2) is 7.75. The van der Waals surface area contributed by atoms with Crippen LogP contribution in [0.2, 0.25) is 0 Å². The van der Waals surface area contributed by atoms with Crippen LogP contribution in [-0.4, -0.2) is 55.5 Å². The van der Waals surface area contributed by atoms with Gasteiger partial charge in [-0.15, -0.1) is 0 Å². The van der Waals surface area contributed by atoms with E-state index in [1.807, 2.05) is 6.07 Å². The lowest BCUT2D eigenvalue weighted by atomic mass is 10.1. The van der Waals surface area contributed by atoms with Gasteiger partial charge in [0.15, 0.2) is 0 Å². The third-order valence-corrected chi connectivity index (χ3v) is 3.52. The van der Waals surface area contributed by atoms with Gasteiger partial charge in [0.05, 0.1) is 0 Å². The van der Waals surface area contributed by atoms with Gasteiger partial charge in [-0.3, -0.25) is 9.59 Å². The SMILES string of the molecule is NCC[C@@H](NC(=O)c1ccccc1)C(=O)N1CCNCC1. The van der Waals surface area contributed by atoms with Gasteiger partial charge in [-0.25, -0.2) is 0 Å². The van der Waals surface area contributed by atoms with Gasteiger partial charge in [-0.2, -0.15) is 0 Å². The predicted molar refractivity (Wildman–Crippen MR) is 80.8 cm³/mol. The van der Waals surface area contributed by atoms with E-state index in [1.54, 1.807) is 29.2 Å². The monoisotopic (exact) mass is 290 g/mol. The Kier molecular flexibility index (Phi) is 5.71. The van der Waals surface area contributed by atoms with Crippen LogP contribution in [-0.2, 0) is 4.79 Å². The molecule has 0 aromatic heterocycles. The summed E-state index contributed by atoms with van der Waals surface area (Å²) in [6.07, 6.45) is 0.446. The van der Waals surface area contributed by atoms with Gasteiger partial charge in [0.1, 0.15) is 6.04 Å². The number of hydrogen-bond acceptors (Lipinski definition) is 4. The third-order valence-electron chi connectivity index (χ3n) is 3.52. The summed E-state index contributed by atoms with van der Waals surface area (Å²) in [7, 11) is 0. The van der Waals surface area contributed by atoms with Crippen molar-refractivity contribution in [3.63, 3.8) is 0 Å². The Morgan fingerprint density at radius 1 is 1.24 bits per heavy atom. The van der Waals surface area contributed by atoms with E-state index in [9.17, 15) is 9.59 Å². The Hall–Kier alpha value is -1.92. The zero-order valence-electron chi connectivity index (χ0n) is 12.0. The lowest BCUT2D eigenvalue weighted by Gasteiger charge is -2.31. The number of piperazine rings is 1. The van der Waals surface area contributed by atoms with Gasteiger partial charge in [0, 0.05) is 31.7 Å². The maximum Gasteiger partial charge on any atom is 0.251 e. The Morgan fingerprint density at radius 3 is 2.52 bits per heavy atom. The molecule has 6 nitrogen and oxygen atoms in total. The highest BCUT2D eigenvalue weighted by Gasteiger charge is 2.26. The molecule has 0 bridgehead atoms. The van der Waals surface area contributed by atoms with E-state index in [-0.39, 0.29) is 11.8 Å². The Morgan fingerprint density at radius 2 is 1.90 bits per heavy atom. The van der Waals surface area contributed by atoms with E-state index in [0.717, 1.165) is 13.1 Å². The smallest absolute Gasteiger partial charge is 0.251 e. The molecule has 1 aliphatic rings. The molecule has 1 aromatic rings. The van der Waals surface area contributed by atoms with Gasteiger partial charge in [-0.05, 0) is 25.1 Å². The molecule has 0 aliphatic carbocycles. The van der Waals surface area contributed by atoms with Crippen LogP contribution >= 0.6 is 0 Å². The first-order valence-corrected chi connectivity index (χ1v) is 7.28. The highest BCUT2D eigenvalue weighted by molar-refractivity contribution is 5.97. The van der Waals surface area contributed by atoms with Crippen molar-refractivity contribution >= 4 is 11.8 Å². The van der Waals surface area contributed by atoms with Crippen molar-refractivity contribution in [1.82, 2.24) is 15.5 Å². The number of amides is 2. The molecule has 1 atom stereocenters. The van der Waals surface area contributed by atoms with E-state index in [0.29, 0.717) is 31.6 Å². The van der Waals surface area contributed by atoms with Crippen molar-refractivity contribution in [3.05, 3.63) is 35.9 Å². The molecule has 1 saturated heterocycles. The molecule has 21 heavy (non-hydrogen) atoms. The average molecular weight is 290 g/mol. The molecule has 0 radical (unpaired) electrons. The summed E-state index contributed by atoms with van der Waals surface area (Å²) in [6.45, 7) is 3.27. The zero-order valence-corrected chi connectivity index (χ0v) is 12.0. The quantitative estimate of drug-likeness (QED) is 0.686. The fraction of sp³-hybridized carbons (Fsp3) is 0.467. The maximum atomic E-state index is 12.5. The molecule has 6 heteroatoms. The molecule has 2 amide bonds. The average Bonchev–Trinajstić information content (AvgIpc) is 2.55. The molecule has 1 heterocycles. The molecule has 1 aliphatic heterocycles. The molecule has 1 fully saturated rings. The third kappa shape index (κ3) is 4.27. The van der Waals surface area contributed by atoms with Gasteiger partial charge < -0.3 is 21.3 Å². The van der Waals surface area contributed by atoms with E-state index < -0.39 is 6.04 Å². The predicted octanol–water partition coefficient (Wildman–Crippen LogP) is -0.434. The summed E-state index contributed by atoms with van der Waals surface area (Å²) in [4.78, 5) is 26.4. The summed E-state index contributed by atoms with van der Waals surface area (Å²) in [5.41, 5.74) is 6.13. The van der Waals surface area contributed by atoms with E-state index in [4.69, 9.17) is 5.73 Å². The molecule has 0 saturated carbocycles. The Labute approximate surface area is 124 Å². The first-order valence-electron chi connectivity index (χ1n) is 7.28. The van der Waals surface area contributed by atoms with Crippen LogP contribution in [0, 0.1) is 0 Å². The molecule has 1 aromatic carbocycles. The van der Waals surface area contributed by atoms with Crippen LogP contribution in [0.15, 0.2) is 30.3 Å². The number of nitrogens with zero attached hydrogens (tertiary/aromatic N) is 1. The molecule has 0 spiro atoms. The van der Waals surface area contributed by atoms with Gasteiger partial charge in [-0.1, -0.05) is 18.2 Å². The van der Waals surface area contributed by atoms with E-state index >= 15 is 0 Å². The van der Waals surface area contributed by atoms with Crippen LogP contribution in [0.1, 0.15) is 16.8 Å². The molecule has 0 unspecified atom stereocenters. The number of carbonyl (C=O) groups is 2. The number of nitrogens with one attached hydrogen (secondary N) is 2. The normalized spacial score (nSPS) is 16.3. The largest absolute Gasteiger partial charge is 0.340 e.